The van der Waals surface area contributed by atoms with E-state index in [1.54, 1.807) is 0 Å². The van der Waals surface area contributed by atoms with Gasteiger partial charge in [0.05, 0.1) is 0 Å². The average Bonchev–Trinajstić information content (AvgIpc) is 2.56. The van der Waals surface area contributed by atoms with Gasteiger partial charge in [-0.2, -0.15) is 0 Å². The first-order valence-electron chi connectivity index (χ1n) is 10.1. The summed E-state index contributed by atoms with van der Waals surface area (Å²) in [5.74, 6) is 0.947. The molecule has 0 aliphatic carbocycles. The predicted molar refractivity (Wildman–Crippen MR) is 106 cm³/mol. The molecule has 2 nitrogen and oxygen atoms in total. The maximum atomic E-state index is 6.04. The van der Waals surface area contributed by atoms with Crippen molar-refractivity contribution >= 4 is 0 Å². The van der Waals surface area contributed by atoms with Crippen LogP contribution in [0.25, 0.3) is 0 Å². The fourth-order valence-corrected chi connectivity index (χ4v) is 2.97. The van der Waals surface area contributed by atoms with Crippen LogP contribution in [0.2, 0.25) is 0 Å². The molecule has 1 rings (SSSR count). The Morgan fingerprint density at radius 1 is 0.792 bits per heavy atom. The van der Waals surface area contributed by atoms with Crippen LogP contribution in [-0.2, 0) is 0 Å². The van der Waals surface area contributed by atoms with E-state index in [0.29, 0.717) is 0 Å². The van der Waals surface area contributed by atoms with Gasteiger partial charge in [0.2, 0.25) is 0 Å². The van der Waals surface area contributed by atoms with Crippen LogP contribution in [-0.4, -0.2) is 18.7 Å². The summed E-state index contributed by atoms with van der Waals surface area (Å²) in [5, 5.41) is 3.55. The minimum Gasteiger partial charge on any atom is -0.487 e. The molecule has 0 bridgehead atoms. The lowest BCUT2D eigenvalue weighted by Gasteiger charge is -2.27. The molecule has 0 fully saturated rings. The maximum absolute atomic E-state index is 6.04. The van der Waals surface area contributed by atoms with Crippen LogP contribution in [0.4, 0.5) is 0 Å². The second-order valence-corrected chi connectivity index (χ2v) is 7.53. The second-order valence-electron chi connectivity index (χ2n) is 7.53. The zero-order valence-corrected chi connectivity index (χ0v) is 16.3. The van der Waals surface area contributed by atoms with Gasteiger partial charge in [0.1, 0.15) is 11.4 Å². The summed E-state index contributed by atoms with van der Waals surface area (Å²) in [6.45, 7) is 8.55. The number of unbranched alkanes of at least 4 members (excludes halogenated alkanes) is 9. The Kier molecular flexibility index (Phi) is 11.6. The van der Waals surface area contributed by atoms with Crippen LogP contribution >= 0.6 is 0 Å². The molecule has 0 atom stereocenters. The lowest BCUT2D eigenvalue weighted by Crippen LogP contribution is -2.40. The summed E-state index contributed by atoms with van der Waals surface area (Å²) >= 11 is 0. The smallest absolute Gasteiger partial charge is 0.120 e. The number of rotatable bonds is 15. The van der Waals surface area contributed by atoms with Crippen molar-refractivity contribution < 1.29 is 4.74 Å². The standard InChI is InChI=1S/C22H39NO/c1-4-5-6-7-8-9-10-11-12-16-19-23-20-22(2,3)24-21-17-14-13-15-18-21/h13-15,17-18,23H,4-12,16,19-20H2,1-3H3. The van der Waals surface area contributed by atoms with Crippen LogP contribution in [0.15, 0.2) is 30.3 Å². The van der Waals surface area contributed by atoms with Crippen molar-refractivity contribution in [3.8, 4) is 5.75 Å². The molecule has 0 amide bonds. The highest BCUT2D eigenvalue weighted by atomic mass is 16.5. The number of para-hydroxylation sites is 1. The van der Waals surface area contributed by atoms with Gasteiger partial charge in [0.25, 0.3) is 0 Å². The molecule has 1 aromatic rings. The molecule has 0 aliphatic heterocycles. The van der Waals surface area contributed by atoms with E-state index in [0.717, 1.165) is 18.8 Å². The highest BCUT2D eigenvalue weighted by molar-refractivity contribution is 5.21. The monoisotopic (exact) mass is 333 g/mol. The SMILES string of the molecule is CCCCCCCCCCCCNCC(C)(C)Oc1ccccc1. The van der Waals surface area contributed by atoms with E-state index >= 15 is 0 Å². The van der Waals surface area contributed by atoms with E-state index < -0.39 is 0 Å². The van der Waals surface area contributed by atoms with Gasteiger partial charge in [0, 0.05) is 6.54 Å². The zero-order chi connectivity index (χ0) is 17.5. The van der Waals surface area contributed by atoms with Gasteiger partial charge >= 0.3 is 0 Å². The van der Waals surface area contributed by atoms with Crippen LogP contribution in [0.3, 0.4) is 0 Å². The van der Waals surface area contributed by atoms with Crippen LogP contribution in [0, 0.1) is 0 Å². The van der Waals surface area contributed by atoms with E-state index in [4.69, 9.17) is 4.74 Å². The summed E-state index contributed by atoms with van der Waals surface area (Å²) in [5.41, 5.74) is -0.167. The molecule has 0 saturated heterocycles. The molecular weight excluding hydrogens is 294 g/mol. The van der Waals surface area contributed by atoms with Gasteiger partial charge in [0.15, 0.2) is 0 Å². The minimum atomic E-state index is -0.167. The molecule has 0 radical (unpaired) electrons. The first-order chi connectivity index (χ1) is 11.6. The molecule has 0 heterocycles. The predicted octanol–water partition coefficient (Wildman–Crippen LogP) is 6.35. The number of benzene rings is 1. The number of hydrogen-bond donors (Lipinski definition) is 1. The Labute approximate surface area is 150 Å². The lowest BCUT2D eigenvalue weighted by atomic mass is 10.1. The molecule has 1 aromatic carbocycles. The first-order valence-corrected chi connectivity index (χ1v) is 10.1. The average molecular weight is 334 g/mol. The third kappa shape index (κ3) is 11.5. The van der Waals surface area contributed by atoms with Gasteiger partial charge in [-0.3, -0.25) is 0 Å². The van der Waals surface area contributed by atoms with Crippen molar-refractivity contribution in [1.82, 2.24) is 5.32 Å². The third-order valence-electron chi connectivity index (χ3n) is 4.40. The van der Waals surface area contributed by atoms with Crippen molar-refractivity contribution in [2.75, 3.05) is 13.1 Å². The number of hydrogen-bond acceptors (Lipinski definition) is 2. The molecule has 0 aliphatic rings. The number of ether oxygens (including phenoxy) is 1. The van der Waals surface area contributed by atoms with E-state index in [1.165, 1.54) is 64.2 Å². The van der Waals surface area contributed by atoms with Crippen molar-refractivity contribution in [1.29, 1.82) is 0 Å². The summed E-state index contributed by atoms with van der Waals surface area (Å²) < 4.78 is 6.04. The molecular formula is C22H39NO. The topological polar surface area (TPSA) is 21.3 Å². The lowest BCUT2D eigenvalue weighted by molar-refractivity contribution is 0.108. The second kappa shape index (κ2) is 13.3. The Bertz CT molecular complexity index is 388. The Balaban J connectivity index is 1.92. The van der Waals surface area contributed by atoms with Crippen molar-refractivity contribution in [3.05, 3.63) is 30.3 Å². The number of nitrogens with one attached hydrogen (secondary N) is 1. The molecule has 0 saturated carbocycles. The fourth-order valence-electron chi connectivity index (χ4n) is 2.97. The first kappa shape index (κ1) is 21.0. The minimum absolute atomic E-state index is 0.167. The van der Waals surface area contributed by atoms with E-state index in [1.807, 2.05) is 30.3 Å². The summed E-state index contributed by atoms with van der Waals surface area (Å²) in [6.07, 6.45) is 13.9. The summed E-state index contributed by atoms with van der Waals surface area (Å²) in [6, 6.07) is 10.1. The molecule has 0 aromatic heterocycles. The molecule has 0 unspecified atom stereocenters. The van der Waals surface area contributed by atoms with Crippen LogP contribution in [0.5, 0.6) is 5.75 Å². The highest BCUT2D eigenvalue weighted by Crippen LogP contribution is 2.17. The van der Waals surface area contributed by atoms with Crippen LogP contribution in [0.1, 0.15) is 85.0 Å². The molecule has 1 N–H and O–H groups in total. The third-order valence-corrected chi connectivity index (χ3v) is 4.40. The van der Waals surface area contributed by atoms with Crippen molar-refractivity contribution in [2.24, 2.45) is 0 Å². The zero-order valence-electron chi connectivity index (χ0n) is 16.3. The quantitative estimate of drug-likeness (QED) is 0.377. The van der Waals surface area contributed by atoms with Crippen LogP contribution < -0.4 is 10.1 Å². The largest absolute Gasteiger partial charge is 0.487 e. The van der Waals surface area contributed by atoms with Gasteiger partial charge in [-0.1, -0.05) is 82.9 Å². The Hall–Kier alpha value is -1.02. The van der Waals surface area contributed by atoms with E-state index in [9.17, 15) is 0 Å². The van der Waals surface area contributed by atoms with Gasteiger partial charge in [-0.15, -0.1) is 0 Å². The summed E-state index contributed by atoms with van der Waals surface area (Å²) in [4.78, 5) is 0. The molecule has 0 spiro atoms. The highest BCUT2D eigenvalue weighted by Gasteiger charge is 2.18. The van der Waals surface area contributed by atoms with Gasteiger partial charge < -0.3 is 10.1 Å². The van der Waals surface area contributed by atoms with Gasteiger partial charge in [-0.05, 0) is 38.9 Å². The van der Waals surface area contributed by atoms with E-state index in [2.05, 4.69) is 26.1 Å². The maximum Gasteiger partial charge on any atom is 0.120 e. The molecule has 24 heavy (non-hydrogen) atoms. The Morgan fingerprint density at radius 2 is 1.33 bits per heavy atom. The molecule has 138 valence electrons. The van der Waals surface area contributed by atoms with Crippen molar-refractivity contribution in [3.63, 3.8) is 0 Å². The molecule has 2 heteroatoms. The summed E-state index contributed by atoms with van der Waals surface area (Å²) in [7, 11) is 0. The van der Waals surface area contributed by atoms with E-state index in [-0.39, 0.29) is 5.60 Å². The fraction of sp³-hybridized carbons (Fsp3) is 0.727. The Morgan fingerprint density at radius 3 is 1.92 bits per heavy atom. The van der Waals surface area contributed by atoms with Gasteiger partial charge in [-0.25, -0.2) is 0 Å². The normalized spacial score (nSPS) is 11.6. The van der Waals surface area contributed by atoms with Crippen molar-refractivity contribution in [2.45, 2.75) is 90.6 Å².